The molecule has 1 saturated heterocycles. The molecule has 9 nitrogen and oxygen atoms in total. The Morgan fingerprint density at radius 1 is 1.03 bits per heavy atom. The van der Waals surface area contributed by atoms with E-state index in [2.05, 4.69) is 21.8 Å². The molecule has 1 unspecified atom stereocenters. The van der Waals surface area contributed by atoms with Gasteiger partial charge in [-0.15, -0.1) is 5.92 Å². The molecule has 3 aromatic heterocycles. The quantitative estimate of drug-likeness (QED) is 0.366. The van der Waals surface area contributed by atoms with E-state index in [1.165, 1.54) is 4.68 Å². The summed E-state index contributed by atoms with van der Waals surface area (Å²) >= 11 is 0. The maximum Gasteiger partial charge on any atom is 0.293 e. The van der Waals surface area contributed by atoms with Crippen molar-refractivity contribution in [1.82, 2.24) is 29.3 Å². The lowest BCUT2D eigenvalue weighted by molar-refractivity contribution is 0.496. The van der Waals surface area contributed by atoms with Crippen LogP contribution in [0.5, 0.6) is 0 Å². The molecular weight excluding hydrogens is 476 g/mol. The molecule has 1 aliphatic heterocycles. The van der Waals surface area contributed by atoms with Crippen molar-refractivity contribution in [2.75, 3.05) is 18.0 Å². The van der Waals surface area contributed by atoms with Gasteiger partial charge in [-0.05, 0) is 25.8 Å². The number of anilines is 1. The summed E-state index contributed by atoms with van der Waals surface area (Å²) in [6.07, 6.45) is 3.60. The first-order valence-electron chi connectivity index (χ1n) is 12.8. The first kappa shape index (κ1) is 23.8. The van der Waals surface area contributed by atoms with Crippen molar-refractivity contribution >= 4 is 27.9 Å². The molecule has 9 heteroatoms. The predicted octanol–water partition coefficient (Wildman–Crippen LogP) is 3.20. The Kier molecular flexibility index (Phi) is 6.32. The highest BCUT2D eigenvalue weighted by atomic mass is 16.1. The third-order valence-electron chi connectivity index (χ3n) is 6.87. The van der Waals surface area contributed by atoms with Crippen LogP contribution in [0, 0.1) is 11.8 Å². The van der Waals surface area contributed by atoms with E-state index in [4.69, 9.17) is 20.7 Å². The summed E-state index contributed by atoms with van der Waals surface area (Å²) in [5.41, 5.74) is 9.64. The molecule has 4 heterocycles. The summed E-state index contributed by atoms with van der Waals surface area (Å²) in [5, 5.41) is 5.41. The topological polar surface area (TPSA) is 108 Å². The molecule has 0 amide bonds. The highest BCUT2D eigenvalue weighted by molar-refractivity contribution is 5.92. The van der Waals surface area contributed by atoms with Crippen LogP contribution in [0.25, 0.3) is 33.2 Å². The molecule has 0 radical (unpaired) electrons. The molecule has 1 atom stereocenters. The summed E-state index contributed by atoms with van der Waals surface area (Å²) in [6.45, 7) is 3.81. The monoisotopic (exact) mass is 504 g/mol. The second kappa shape index (κ2) is 10.1. The molecule has 1 fully saturated rings. The Morgan fingerprint density at radius 2 is 1.84 bits per heavy atom. The number of piperidine rings is 1. The number of hydrogen-bond acceptors (Lipinski definition) is 7. The van der Waals surface area contributed by atoms with Crippen molar-refractivity contribution < 1.29 is 0 Å². The Morgan fingerprint density at radius 3 is 2.66 bits per heavy atom. The molecule has 2 N–H and O–H groups in total. The minimum Gasteiger partial charge on any atom is -0.341 e. The molecule has 2 aromatic carbocycles. The van der Waals surface area contributed by atoms with Gasteiger partial charge in [0.1, 0.15) is 17.6 Å². The van der Waals surface area contributed by atoms with Gasteiger partial charge in [-0.2, -0.15) is 5.10 Å². The van der Waals surface area contributed by atoms with E-state index in [9.17, 15) is 4.79 Å². The highest BCUT2D eigenvalue weighted by Crippen LogP contribution is 2.26. The van der Waals surface area contributed by atoms with Crippen LogP contribution in [0.3, 0.4) is 0 Å². The molecule has 190 valence electrons. The van der Waals surface area contributed by atoms with Gasteiger partial charge in [-0.25, -0.2) is 19.6 Å². The van der Waals surface area contributed by atoms with Crippen LogP contribution >= 0.6 is 0 Å². The van der Waals surface area contributed by atoms with E-state index in [-0.39, 0.29) is 18.1 Å². The number of fused-ring (bicyclic) bond motifs is 2. The van der Waals surface area contributed by atoms with Crippen molar-refractivity contribution in [1.29, 1.82) is 0 Å². The maximum atomic E-state index is 13.8. The smallest absolute Gasteiger partial charge is 0.293 e. The number of rotatable bonds is 5. The van der Waals surface area contributed by atoms with E-state index < -0.39 is 0 Å². The van der Waals surface area contributed by atoms with Crippen LogP contribution in [0.15, 0.2) is 65.6 Å². The number of benzene rings is 2. The van der Waals surface area contributed by atoms with Crippen LogP contribution < -0.4 is 16.2 Å². The van der Waals surface area contributed by atoms with Gasteiger partial charge < -0.3 is 10.6 Å². The van der Waals surface area contributed by atoms with Crippen LogP contribution in [-0.2, 0) is 13.1 Å². The molecule has 0 saturated carbocycles. The zero-order chi connectivity index (χ0) is 26.1. The first-order chi connectivity index (χ1) is 18.6. The molecule has 5 aromatic rings. The second-order valence-corrected chi connectivity index (χ2v) is 9.49. The van der Waals surface area contributed by atoms with E-state index in [0.717, 1.165) is 41.5 Å². The summed E-state index contributed by atoms with van der Waals surface area (Å²) in [5.74, 6) is 7.26. The largest absolute Gasteiger partial charge is 0.341 e. The maximum absolute atomic E-state index is 13.8. The van der Waals surface area contributed by atoms with Gasteiger partial charge >= 0.3 is 0 Å². The minimum atomic E-state index is -0.251. The molecule has 0 aliphatic carbocycles. The normalized spacial score (nSPS) is 15.5. The minimum absolute atomic E-state index is 0.0768. The van der Waals surface area contributed by atoms with Gasteiger partial charge in [-0.3, -0.25) is 9.36 Å². The van der Waals surface area contributed by atoms with Gasteiger partial charge in [0.15, 0.2) is 5.82 Å². The Labute approximate surface area is 220 Å². The van der Waals surface area contributed by atoms with Crippen molar-refractivity contribution in [2.24, 2.45) is 5.73 Å². The summed E-state index contributed by atoms with van der Waals surface area (Å²) in [6, 6.07) is 18.0. The lowest BCUT2D eigenvalue weighted by Crippen LogP contribution is -2.44. The zero-order valence-electron chi connectivity index (χ0n) is 21.2. The van der Waals surface area contributed by atoms with Gasteiger partial charge in [0, 0.05) is 30.1 Å². The van der Waals surface area contributed by atoms with Crippen molar-refractivity contribution in [3.63, 3.8) is 0 Å². The average Bonchev–Trinajstić information content (AvgIpc) is 3.32. The summed E-state index contributed by atoms with van der Waals surface area (Å²) < 4.78 is 3.30. The SMILES string of the molecule is CC#CCn1c(N2CCCC(N)C2)nc2cnn(Cc3nc(-c4ccccc4)c4ccccc4n3)c(=O)c21. The van der Waals surface area contributed by atoms with Gasteiger partial charge in [0.2, 0.25) is 5.95 Å². The van der Waals surface area contributed by atoms with Crippen molar-refractivity contribution in [3.8, 4) is 23.1 Å². The third kappa shape index (κ3) is 4.40. The van der Waals surface area contributed by atoms with Crippen molar-refractivity contribution in [3.05, 3.63) is 77.0 Å². The summed E-state index contributed by atoms with van der Waals surface area (Å²) in [4.78, 5) is 30.3. The van der Waals surface area contributed by atoms with E-state index in [1.54, 1.807) is 13.1 Å². The van der Waals surface area contributed by atoms with Crippen LogP contribution in [0.2, 0.25) is 0 Å². The fourth-order valence-electron chi connectivity index (χ4n) is 5.07. The zero-order valence-corrected chi connectivity index (χ0v) is 21.2. The highest BCUT2D eigenvalue weighted by Gasteiger charge is 2.24. The Balaban J connectivity index is 1.45. The third-order valence-corrected chi connectivity index (χ3v) is 6.87. The predicted molar refractivity (Wildman–Crippen MR) is 149 cm³/mol. The molecule has 6 rings (SSSR count). The Hall–Kier alpha value is -4.55. The number of nitrogens with zero attached hydrogens (tertiary/aromatic N) is 7. The van der Waals surface area contributed by atoms with E-state index >= 15 is 0 Å². The fraction of sp³-hybridized carbons (Fsp3) is 0.276. The average molecular weight is 505 g/mol. The molecule has 0 spiro atoms. The van der Waals surface area contributed by atoms with E-state index in [0.29, 0.717) is 35.9 Å². The van der Waals surface area contributed by atoms with Crippen LogP contribution in [0.1, 0.15) is 25.6 Å². The van der Waals surface area contributed by atoms with Crippen LogP contribution in [-0.4, -0.2) is 48.4 Å². The van der Waals surface area contributed by atoms with Gasteiger partial charge in [0.05, 0.1) is 24.0 Å². The fourth-order valence-corrected chi connectivity index (χ4v) is 5.07. The number of nitrogens with two attached hydrogens (primary N) is 1. The lowest BCUT2D eigenvalue weighted by atomic mass is 10.1. The van der Waals surface area contributed by atoms with Gasteiger partial charge in [0.25, 0.3) is 5.56 Å². The molecule has 38 heavy (non-hydrogen) atoms. The number of para-hydroxylation sites is 1. The number of aromatic nitrogens is 6. The van der Waals surface area contributed by atoms with Gasteiger partial charge in [-0.1, -0.05) is 54.5 Å². The Bertz CT molecular complexity index is 1750. The molecule has 1 aliphatic rings. The molecular formula is C29H28N8O. The van der Waals surface area contributed by atoms with Crippen molar-refractivity contribution in [2.45, 2.75) is 38.9 Å². The van der Waals surface area contributed by atoms with E-state index in [1.807, 2.05) is 59.2 Å². The summed E-state index contributed by atoms with van der Waals surface area (Å²) in [7, 11) is 0. The molecule has 0 bridgehead atoms. The van der Waals surface area contributed by atoms with Crippen LogP contribution in [0.4, 0.5) is 5.95 Å². The second-order valence-electron chi connectivity index (χ2n) is 9.49. The standard InChI is InChI=1S/C29H28N8O/c1-2-3-16-36-27-24(33-29(36)35-15-9-12-21(30)18-35)17-31-37(28(27)38)19-25-32-23-14-8-7-13-22(23)26(34-25)20-10-5-4-6-11-20/h4-8,10-11,13-14,17,21H,9,12,15-16,18-19,30H2,1H3. The first-order valence-corrected chi connectivity index (χ1v) is 12.8. The number of hydrogen-bond donors (Lipinski definition) is 1. The lowest BCUT2D eigenvalue weighted by Gasteiger charge is -2.31. The number of imidazole rings is 1.